The van der Waals surface area contributed by atoms with Crippen molar-refractivity contribution < 1.29 is 0 Å². The van der Waals surface area contributed by atoms with Crippen molar-refractivity contribution >= 4 is 11.8 Å². The van der Waals surface area contributed by atoms with E-state index >= 15 is 0 Å². The second-order valence-corrected chi connectivity index (χ2v) is 6.02. The average Bonchev–Trinajstić information content (AvgIpc) is 2.28. The summed E-state index contributed by atoms with van der Waals surface area (Å²) in [7, 11) is 0. The number of rotatable bonds is 7. The van der Waals surface area contributed by atoms with Crippen molar-refractivity contribution in [3.8, 4) is 0 Å². The molecule has 2 heteroatoms. The normalized spacial score (nSPS) is 11.7. The molecule has 0 aliphatic carbocycles. The lowest BCUT2D eigenvalue weighted by Gasteiger charge is -2.24. The van der Waals surface area contributed by atoms with Gasteiger partial charge in [-0.3, -0.25) is 0 Å². The molecule has 0 aliphatic rings. The predicted octanol–water partition coefficient (Wildman–Crippen LogP) is 3.80. The summed E-state index contributed by atoms with van der Waals surface area (Å²) in [6.07, 6.45) is 1.25. The zero-order chi connectivity index (χ0) is 11.9. The number of benzene rings is 1. The van der Waals surface area contributed by atoms with Crippen molar-refractivity contribution in [1.29, 1.82) is 0 Å². The van der Waals surface area contributed by atoms with E-state index in [0.29, 0.717) is 5.41 Å². The van der Waals surface area contributed by atoms with Gasteiger partial charge in [0.25, 0.3) is 0 Å². The predicted molar refractivity (Wildman–Crippen MR) is 74.1 cm³/mol. The summed E-state index contributed by atoms with van der Waals surface area (Å²) in [5, 5.41) is 3.43. The van der Waals surface area contributed by atoms with Gasteiger partial charge in [0.05, 0.1) is 0 Å². The van der Waals surface area contributed by atoms with Gasteiger partial charge in [-0.2, -0.15) is 0 Å². The molecule has 0 atom stereocenters. The second-order valence-electron chi connectivity index (χ2n) is 4.86. The van der Waals surface area contributed by atoms with E-state index in [-0.39, 0.29) is 0 Å². The van der Waals surface area contributed by atoms with Crippen LogP contribution in [-0.4, -0.2) is 18.8 Å². The summed E-state index contributed by atoms with van der Waals surface area (Å²) in [4.78, 5) is 1.38. The van der Waals surface area contributed by atoms with Gasteiger partial charge in [-0.1, -0.05) is 39.0 Å². The Morgan fingerprint density at radius 1 is 1.19 bits per heavy atom. The number of nitrogens with one attached hydrogen (secondary N) is 1. The Morgan fingerprint density at radius 3 is 2.50 bits per heavy atom. The molecule has 0 aromatic heterocycles. The third-order valence-electron chi connectivity index (χ3n) is 2.64. The Kier molecular flexibility index (Phi) is 5.93. The Bertz CT molecular complexity index is 282. The fourth-order valence-corrected chi connectivity index (χ4v) is 2.75. The highest BCUT2D eigenvalue weighted by molar-refractivity contribution is 7.99. The first kappa shape index (κ1) is 13.6. The largest absolute Gasteiger partial charge is 0.316 e. The lowest BCUT2D eigenvalue weighted by molar-refractivity contribution is 0.335. The van der Waals surface area contributed by atoms with Crippen LogP contribution < -0.4 is 5.32 Å². The fourth-order valence-electron chi connectivity index (χ4n) is 1.51. The molecule has 1 aromatic carbocycles. The summed E-state index contributed by atoms with van der Waals surface area (Å²) in [6, 6.07) is 10.6. The quantitative estimate of drug-likeness (QED) is 0.724. The van der Waals surface area contributed by atoms with Crippen LogP contribution in [0.15, 0.2) is 35.2 Å². The van der Waals surface area contributed by atoms with E-state index < -0.39 is 0 Å². The van der Waals surface area contributed by atoms with Gasteiger partial charge >= 0.3 is 0 Å². The highest BCUT2D eigenvalue weighted by atomic mass is 32.2. The molecule has 1 aromatic rings. The smallest absolute Gasteiger partial charge is 0.00719 e. The Hall–Kier alpha value is -0.470. The SMILES string of the molecule is CCNCC(C)(C)CCSc1ccccc1. The van der Waals surface area contributed by atoms with Gasteiger partial charge in [-0.05, 0) is 36.3 Å². The molecule has 0 fully saturated rings. The van der Waals surface area contributed by atoms with Crippen molar-refractivity contribution in [3.63, 3.8) is 0 Å². The van der Waals surface area contributed by atoms with E-state index in [1.165, 1.54) is 17.1 Å². The van der Waals surface area contributed by atoms with Crippen molar-refractivity contribution in [2.75, 3.05) is 18.8 Å². The zero-order valence-corrected chi connectivity index (χ0v) is 11.4. The first-order valence-electron chi connectivity index (χ1n) is 6.02. The fraction of sp³-hybridized carbons (Fsp3) is 0.571. The van der Waals surface area contributed by atoms with E-state index in [1.807, 2.05) is 11.8 Å². The van der Waals surface area contributed by atoms with Crippen LogP contribution in [-0.2, 0) is 0 Å². The summed E-state index contributed by atoms with van der Waals surface area (Å²) >= 11 is 1.95. The van der Waals surface area contributed by atoms with Gasteiger partial charge in [0.15, 0.2) is 0 Å². The van der Waals surface area contributed by atoms with Crippen LogP contribution in [0.4, 0.5) is 0 Å². The summed E-state index contributed by atoms with van der Waals surface area (Å²) in [5.74, 6) is 1.20. The molecule has 0 bridgehead atoms. The highest BCUT2D eigenvalue weighted by Gasteiger charge is 2.16. The summed E-state index contributed by atoms with van der Waals surface area (Å²) < 4.78 is 0. The molecule has 90 valence electrons. The van der Waals surface area contributed by atoms with Gasteiger partial charge in [0.2, 0.25) is 0 Å². The van der Waals surface area contributed by atoms with E-state index in [0.717, 1.165) is 13.1 Å². The maximum atomic E-state index is 3.43. The Morgan fingerprint density at radius 2 is 1.88 bits per heavy atom. The van der Waals surface area contributed by atoms with Crippen LogP contribution in [0.2, 0.25) is 0 Å². The minimum Gasteiger partial charge on any atom is -0.316 e. The molecule has 16 heavy (non-hydrogen) atoms. The van der Waals surface area contributed by atoms with Crippen LogP contribution in [0.5, 0.6) is 0 Å². The maximum Gasteiger partial charge on any atom is 0.00719 e. The van der Waals surface area contributed by atoms with Gasteiger partial charge in [0.1, 0.15) is 0 Å². The lowest BCUT2D eigenvalue weighted by atomic mass is 9.90. The van der Waals surface area contributed by atoms with E-state index in [1.54, 1.807) is 0 Å². The molecular weight excluding hydrogens is 214 g/mol. The second kappa shape index (κ2) is 6.97. The van der Waals surface area contributed by atoms with E-state index in [9.17, 15) is 0 Å². The first-order valence-corrected chi connectivity index (χ1v) is 7.01. The summed E-state index contributed by atoms with van der Waals surface area (Å²) in [6.45, 7) is 9.01. The molecule has 0 heterocycles. The minimum atomic E-state index is 0.401. The van der Waals surface area contributed by atoms with Gasteiger partial charge < -0.3 is 5.32 Å². The molecule has 0 saturated heterocycles. The average molecular weight is 237 g/mol. The number of hydrogen-bond acceptors (Lipinski definition) is 2. The molecule has 0 spiro atoms. The van der Waals surface area contributed by atoms with E-state index in [2.05, 4.69) is 56.4 Å². The van der Waals surface area contributed by atoms with Crippen molar-refractivity contribution in [1.82, 2.24) is 5.32 Å². The molecule has 0 radical (unpaired) electrons. The molecule has 0 saturated carbocycles. The van der Waals surface area contributed by atoms with Crippen molar-refractivity contribution in [3.05, 3.63) is 30.3 Å². The minimum absolute atomic E-state index is 0.401. The molecule has 0 amide bonds. The van der Waals surface area contributed by atoms with Crippen LogP contribution >= 0.6 is 11.8 Å². The summed E-state index contributed by atoms with van der Waals surface area (Å²) in [5.41, 5.74) is 0.401. The zero-order valence-electron chi connectivity index (χ0n) is 10.6. The highest BCUT2D eigenvalue weighted by Crippen LogP contribution is 2.25. The van der Waals surface area contributed by atoms with E-state index in [4.69, 9.17) is 0 Å². The standard InChI is InChI=1S/C14H23NS/c1-4-15-12-14(2,3)10-11-16-13-8-6-5-7-9-13/h5-9,15H,4,10-12H2,1-3H3. The molecule has 0 aliphatic heterocycles. The topological polar surface area (TPSA) is 12.0 Å². The number of thioether (sulfide) groups is 1. The van der Waals surface area contributed by atoms with Gasteiger partial charge in [-0.15, -0.1) is 11.8 Å². The van der Waals surface area contributed by atoms with Crippen LogP contribution in [0.3, 0.4) is 0 Å². The monoisotopic (exact) mass is 237 g/mol. The van der Waals surface area contributed by atoms with Gasteiger partial charge in [-0.25, -0.2) is 0 Å². The molecular formula is C14H23NS. The lowest BCUT2D eigenvalue weighted by Crippen LogP contribution is -2.29. The van der Waals surface area contributed by atoms with Crippen LogP contribution in [0.25, 0.3) is 0 Å². The third kappa shape index (κ3) is 5.57. The number of hydrogen-bond donors (Lipinski definition) is 1. The molecule has 0 unspecified atom stereocenters. The molecule has 1 rings (SSSR count). The Balaban J connectivity index is 2.24. The van der Waals surface area contributed by atoms with Crippen LogP contribution in [0.1, 0.15) is 27.2 Å². The molecule has 1 nitrogen and oxygen atoms in total. The van der Waals surface area contributed by atoms with Crippen LogP contribution in [0, 0.1) is 5.41 Å². The first-order chi connectivity index (χ1) is 7.64. The van der Waals surface area contributed by atoms with Crippen molar-refractivity contribution in [2.45, 2.75) is 32.1 Å². The Labute approximate surface area is 104 Å². The van der Waals surface area contributed by atoms with Crippen molar-refractivity contribution in [2.24, 2.45) is 5.41 Å². The third-order valence-corrected chi connectivity index (χ3v) is 3.66. The maximum absolute atomic E-state index is 3.43. The molecule has 1 N–H and O–H groups in total. The van der Waals surface area contributed by atoms with Gasteiger partial charge in [0, 0.05) is 11.4 Å².